The van der Waals surface area contributed by atoms with Gasteiger partial charge < -0.3 is 37.9 Å². The molecular weight excluding hydrogens is 825 g/mol. The molecule has 358 valence electrons. The van der Waals surface area contributed by atoms with Crippen LogP contribution < -0.4 is 18.9 Å². The third kappa shape index (κ3) is 6.39. The maximum Gasteiger partial charge on any atom is 0.207 e. The van der Waals surface area contributed by atoms with Gasteiger partial charge in [-0.25, -0.2) is 0 Å². The van der Waals surface area contributed by atoms with Crippen molar-refractivity contribution in [2.24, 2.45) is 92.7 Å². The van der Waals surface area contributed by atoms with Crippen LogP contribution in [-0.4, -0.2) is 75.3 Å². The zero-order valence-electron chi connectivity index (χ0n) is 39.8. The summed E-state index contributed by atoms with van der Waals surface area (Å²) in [5.74, 6) is 13.4. The summed E-state index contributed by atoms with van der Waals surface area (Å²) in [6.07, 6.45) is 32.9. The van der Waals surface area contributed by atoms with Crippen LogP contribution in [0.25, 0.3) is 0 Å². The maximum atomic E-state index is 8.11. The summed E-state index contributed by atoms with van der Waals surface area (Å²) in [4.78, 5) is 0. The van der Waals surface area contributed by atoms with Crippen molar-refractivity contribution in [1.29, 1.82) is 0 Å². The standard InChI is InChI=1S/C58H78O8/c1-2-44(64-52(46-28-60-46)56-18-34-6-35(19-56)8-36(7-34)20-56)50(66-54(48-30-62-48)58-24-40-12-41(25-58)14-42(13-40)26-58)49(65-53(47-29-61-47)57-21-37-9-38(22-57)11-39(10-37)23-57)43(1)63-51(45-27-59-45)55-15-31-3-32(16-55)5-33(4-31)17-55/h1-2,31-42,45-48,51-54H,3-30H2. The normalized spacial score (nSPS) is 54.5. The molecule has 20 aliphatic rings. The van der Waals surface area contributed by atoms with Gasteiger partial charge in [-0.1, -0.05) is 0 Å². The van der Waals surface area contributed by atoms with Crippen molar-refractivity contribution < 1.29 is 37.9 Å². The van der Waals surface area contributed by atoms with E-state index < -0.39 is 0 Å². The Morgan fingerprint density at radius 3 is 0.667 bits per heavy atom. The third-order valence-corrected chi connectivity index (χ3v) is 23.6. The topological polar surface area (TPSA) is 87.0 Å². The summed E-state index contributed by atoms with van der Waals surface area (Å²) in [5.41, 5.74) is 0.586. The van der Waals surface area contributed by atoms with Crippen LogP contribution in [0, 0.1) is 92.7 Å². The summed E-state index contributed by atoms with van der Waals surface area (Å²) >= 11 is 0. The first-order valence-corrected chi connectivity index (χ1v) is 28.6. The fourth-order valence-corrected chi connectivity index (χ4v) is 22.9. The number of benzene rings is 1. The van der Waals surface area contributed by atoms with Gasteiger partial charge in [0.2, 0.25) is 11.5 Å². The Labute approximate surface area is 393 Å². The zero-order chi connectivity index (χ0) is 42.7. The molecule has 8 unspecified atom stereocenters. The average molecular weight is 903 g/mol. The van der Waals surface area contributed by atoms with Crippen molar-refractivity contribution in [3.8, 4) is 23.0 Å². The molecule has 16 saturated carbocycles. The number of hydrogen-bond donors (Lipinski definition) is 0. The van der Waals surface area contributed by atoms with Gasteiger partial charge in [0.1, 0.15) is 48.8 Å². The minimum atomic E-state index is -0.0260. The first-order valence-electron chi connectivity index (χ1n) is 28.6. The third-order valence-electron chi connectivity index (χ3n) is 23.6. The van der Waals surface area contributed by atoms with E-state index >= 15 is 0 Å². The molecule has 0 N–H and O–H groups in total. The molecule has 8 nitrogen and oxygen atoms in total. The predicted octanol–water partition coefficient (Wildman–Crippen LogP) is 11.1. The summed E-state index contributed by atoms with van der Waals surface area (Å²) in [5, 5.41) is 0. The van der Waals surface area contributed by atoms with E-state index in [0.717, 1.165) is 120 Å². The van der Waals surface area contributed by atoms with Gasteiger partial charge in [0.05, 0.1) is 26.4 Å². The molecule has 1 aromatic rings. The van der Waals surface area contributed by atoms with Crippen LogP contribution in [0.3, 0.4) is 0 Å². The van der Waals surface area contributed by atoms with Gasteiger partial charge in [-0.05, 0) is 237 Å². The summed E-state index contributed by atoms with van der Waals surface area (Å²) in [6.45, 7) is 3.19. The summed E-state index contributed by atoms with van der Waals surface area (Å²) in [6, 6.07) is 4.57. The Kier molecular flexibility index (Phi) is 8.48. The molecule has 20 fully saturated rings. The van der Waals surface area contributed by atoms with Crippen molar-refractivity contribution in [2.75, 3.05) is 26.4 Å². The SMILES string of the molecule is c1cc(OC(C2CO2)C23CC4CC(CC(C4)C2)C3)c(OC(C2CO2)C23CC4CC(CC(C4)C2)C3)c(OC(C2CO2)C23CC4CC(CC(C4)C2)C3)c1OC(C1CO1)C12CC3CC(CC(C3)C1)C2. The Morgan fingerprint density at radius 1 is 0.303 bits per heavy atom. The van der Waals surface area contributed by atoms with Gasteiger partial charge in [-0.15, -0.1) is 0 Å². The number of rotatable bonds is 16. The van der Waals surface area contributed by atoms with E-state index in [9.17, 15) is 0 Å². The van der Waals surface area contributed by atoms with Gasteiger partial charge in [-0.3, -0.25) is 0 Å². The highest BCUT2D eigenvalue weighted by Gasteiger charge is 2.64. The molecule has 16 bridgehead atoms. The van der Waals surface area contributed by atoms with E-state index in [0.29, 0.717) is 0 Å². The molecule has 4 aliphatic heterocycles. The van der Waals surface area contributed by atoms with E-state index in [-0.39, 0.29) is 70.5 Å². The Bertz CT molecular complexity index is 1830. The first kappa shape index (κ1) is 39.9. The Morgan fingerprint density at radius 2 is 0.485 bits per heavy atom. The second-order valence-electron chi connectivity index (χ2n) is 28.5. The van der Waals surface area contributed by atoms with Gasteiger partial charge in [-0.2, -0.15) is 0 Å². The first-order chi connectivity index (χ1) is 32.3. The molecule has 16 aliphatic carbocycles. The quantitative estimate of drug-likeness (QED) is 0.152. The highest BCUT2D eigenvalue weighted by Crippen LogP contribution is 2.69. The minimum absolute atomic E-state index is 0.0217. The van der Waals surface area contributed by atoms with Crippen molar-refractivity contribution in [1.82, 2.24) is 0 Å². The molecule has 0 radical (unpaired) electrons. The average Bonchev–Trinajstić information content (AvgIpc) is 4.06. The largest absolute Gasteiger partial charge is 0.483 e. The molecule has 21 rings (SSSR count). The van der Waals surface area contributed by atoms with E-state index in [1.165, 1.54) is 154 Å². The van der Waals surface area contributed by atoms with Crippen molar-refractivity contribution >= 4 is 0 Å². The van der Waals surface area contributed by atoms with Crippen LogP contribution in [0.5, 0.6) is 23.0 Å². The lowest BCUT2D eigenvalue weighted by Gasteiger charge is -2.59. The summed E-state index contributed by atoms with van der Waals surface area (Å²) < 4.78 is 57.7. The maximum absolute atomic E-state index is 8.11. The van der Waals surface area contributed by atoms with Crippen LogP contribution in [0.1, 0.15) is 154 Å². The van der Waals surface area contributed by atoms with Gasteiger partial charge >= 0.3 is 0 Å². The smallest absolute Gasteiger partial charge is 0.207 e. The van der Waals surface area contributed by atoms with E-state index in [1.807, 2.05) is 0 Å². The molecule has 8 atom stereocenters. The van der Waals surface area contributed by atoms with Gasteiger partial charge in [0.15, 0.2) is 11.5 Å². The molecule has 0 spiro atoms. The summed E-state index contributed by atoms with van der Waals surface area (Å²) in [7, 11) is 0. The number of hydrogen-bond acceptors (Lipinski definition) is 8. The molecule has 1 aromatic carbocycles. The molecule has 4 heterocycles. The molecule has 0 aromatic heterocycles. The molecule has 0 amide bonds. The van der Waals surface area contributed by atoms with Crippen LogP contribution in [0.2, 0.25) is 0 Å². The monoisotopic (exact) mass is 903 g/mol. The lowest BCUT2D eigenvalue weighted by molar-refractivity contribution is -0.130. The van der Waals surface area contributed by atoms with Gasteiger partial charge in [0.25, 0.3) is 0 Å². The lowest BCUT2D eigenvalue weighted by Crippen LogP contribution is -2.56. The van der Waals surface area contributed by atoms with E-state index in [1.54, 1.807) is 0 Å². The fraction of sp³-hybridized carbons (Fsp3) is 0.897. The van der Waals surface area contributed by atoms with Crippen molar-refractivity contribution in [3.05, 3.63) is 12.1 Å². The van der Waals surface area contributed by atoms with Crippen LogP contribution in [0.4, 0.5) is 0 Å². The Hall–Kier alpha value is -1.74. The number of ether oxygens (including phenoxy) is 8. The molecular formula is C58H78O8. The fourth-order valence-electron chi connectivity index (χ4n) is 22.9. The number of epoxide rings is 4. The highest BCUT2D eigenvalue weighted by atomic mass is 16.6. The Balaban J connectivity index is 0.822. The predicted molar refractivity (Wildman–Crippen MR) is 245 cm³/mol. The minimum Gasteiger partial charge on any atom is -0.483 e. The highest BCUT2D eigenvalue weighted by molar-refractivity contribution is 5.60. The van der Waals surface area contributed by atoms with E-state index in [2.05, 4.69) is 12.1 Å². The van der Waals surface area contributed by atoms with Crippen LogP contribution >= 0.6 is 0 Å². The van der Waals surface area contributed by atoms with Gasteiger partial charge in [0, 0.05) is 21.7 Å². The zero-order valence-corrected chi connectivity index (χ0v) is 39.8. The second kappa shape index (κ2) is 14.0. The molecule has 66 heavy (non-hydrogen) atoms. The lowest BCUT2D eigenvalue weighted by atomic mass is 9.48. The molecule has 4 saturated heterocycles. The van der Waals surface area contributed by atoms with Crippen molar-refractivity contribution in [2.45, 2.75) is 203 Å². The molecule has 8 heteroatoms. The second-order valence-corrected chi connectivity index (χ2v) is 28.5. The van der Waals surface area contributed by atoms with Crippen molar-refractivity contribution in [3.63, 3.8) is 0 Å². The van der Waals surface area contributed by atoms with E-state index in [4.69, 9.17) is 37.9 Å². The van der Waals surface area contributed by atoms with Crippen LogP contribution in [-0.2, 0) is 18.9 Å². The van der Waals surface area contributed by atoms with Crippen LogP contribution in [0.15, 0.2) is 12.1 Å².